The van der Waals surface area contributed by atoms with Crippen molar-refractivity contribution in [1.29, 1.82) is 0 Å². The molecule has 0 amide bonds. The normalized spacial score (nSPS) is 21.5. The number of aromatic nitrogens is 2. The highest BCUT2D eigenvalue weighted by Crippen LogP contribution is 2.31. The van der Waals surface area contributed by atoms with Crippen molar-refractivity contribution < 1.29 is 13.5 Å². The number of rotatable bonds is 6. The van der Waals surface area contributed by atoms with Gasteiger partial charge < -0.3 is 5.11 Å². The van der Waals surface area contributed by atoms with Crippen LogP contribution in [0.2, 0.25) is 0 Å². The Labute approximate surface area is 139 Å². The molecule has 1 aromatic rings. The Balaban J connectivity index is 2.52. The van der Waals surface area contributed by atoms with Crippen molar-refractivity contribution in [1.82, 2.24) is 14.1 Å². The lowest BCUT2D eigenvalue weighted by Crippen LogP contribution is -2.49. The fourth-order valence-electron chi connectivity index (χ4n) is 3.52. The largest absolute Gasteiger partial charge is 0.391 e. The van der Waals surface area contributed by atoms with Crippen LogP contribution in [0.15, 0.2) is 4.90 Å². The lowest BCUT2D eigenvalue weighted by atomic mass is 9.98. The minimum atomic E-state index is -3.64. The molecule has 0 radical (unpaired) electrons. The van der Waals surface area contributed by atoms with Gasteiger partial charge in [0, 0.05) is 13.6 Å². The molecule has 1 aliphatic rings. The topological polar surface area (TPSA) is 75.4 Å². The van der Waals surface area contributed by atoms with Crippen molar-refractivity contribution in [3.63, 3.8) is 0 Å². The van der Waals surface area contributed by atoms with Crippen molar-refractivity contribution in [3.05, 3.63) is 11.4 Å². The molecule has 1 fully saturated rings. The molecule has 1 N–H and O–H groups in total. The lowest BCUT2D eigenvalue weighted by Gasteiger charge is -2.37. The molecule has 0 bridgehead atoms. The van der Waals surface area contributed by atoms with Crippen LogP contribution in [0.5, 0.6) is 0 Å². The number of aliphatic hydroxyl groups is 1. The average Bonchev–Trinajstić information content (AvgIpc) is 2.90. The summed E-state index contributed by atoms with van der Waals surface area (Å²) in [7, 11) is -1.84. The van der Waals surface area contributed by atoms with E-state index in [9.17, 15) is 13.5 Å². The maximum absolute atomic E-state index is 13.4. The fourth-order valence-corrected chi connectivity index (χ4v) is 5.79. The summed E-state index contributed by atoms with van der Waals surface area (Å²) in [6, 6.07) is -0.326. The van der Waals surface area contributed by atoms with Crippen molar-refractivity contribution in [2.75, 3.05) is 6.54 Å². The molecule has 7 heteroatoms. The highest BCUT2D eigenvalue weighted by molar-refractivity contribution is 7.89. The minimum absolute atomic E-state index is 0.326. The average molecular weight is 343 g/mol. The molecule has 2 unspecified atom stereocenters. The summed E-state index contributed by atoms with van der Waals surface area (Å²) >= 11 is 0. The van der Waals surface area contributed by atoms with Gasteiger partial charge in [-0.1, -0.05) is 27.2 Å². The molecule has 1 aliphatic heterocycles. The summed E-state index contributed by atoms with van der Waals surface area (Å²) in [5, 5.41) is 14.7. The Kier molecular flexibility index (Phi) is 5.86. The van der Waals surface area contributed by atoms with E-state index in [1.807, 2.05) is 20.8 Å². The lowest BCUT2D eigenvalue weighted by molar-refractivity contribution is 0.0667. The van der Waals surface area contributed by atoms with Gasteiger partial charge in [0.05, 0.1) is 23.5 Å². The highest BCUT2D eigenvalue weighted by atomic mass is 32.2. The molecule has 0 aliphatic carbocycles. The second-order valence-electron chi connectivity index (χ2n) is 6.21. The molecule has 2 atom stereocenters. The first-order valence-corrected chi connectivity index (χ1v) is 10.1. The van der Waals surface area contributed by atoms with E-state index >= 15 is 0 Å². The van der Waals surface area contributed by atoms with E-state index in [-0.39, 0.29) is 6.04 Å². The molecular formula is C16H29N3O3S. The van der Waals surface area contributed by atoms with Gasteiger partial charge in [0.2, 0.25) is 10.0 Å². The van der Waals surface area contributed by atoms with Gasteiger partial charge in [0.1, 0.15) is 4.90 Å². The van der Waals surface area contributed by atoms with E-state index in [2.05, 4.69) is 5.10 Å². The summed E-state index contributed by atoms with van der Waals surface area (Å²) in [6.07, 6.45) is 3.67. The van der Waals surface area contributed by atoms with Crippen molar-refractivity contribution in [2.45, 2.75) is 76.3 Å². The number of hydrogen-bond donors (Lipinski definition) is 1. The molecule has 2 rings (SSSR count). The predicted molar refractivity (Wildman–Crippen MR) is 89.8 cm³/mol. The van der Waals surface area contributed by atoms with Gasteiger partial charge in [-0.25, -0.2) is 8.42 Å². The van der Waals surface area contributed by atoms with Gasteiger partial charge in [-0.05, 0) is 32.1 Å². The summed E-state index contributed by atoms with van der Waals surface area (Å²) in [5.74, 6) is 0. The molecule has 0 spiro atoms. The van der Waals surface area contributed by atoms with E-state index in [1.54, 1.807) is 11.7 Å². The van der Waals surface area contributed by atoms with Crippen LogP contribution in [-0.4, -0.2) is 46.3 Å². The Morgan fingerprint density at radius 1 is 1.26 bits per heavy atom. The number of aryl methyl sites for hydroxylation is 2. The summed E-state index contributed by atoms with van der Waals surface area (Å²) in [6.45, 7) is 6.24. The van der Waals surface area contributed by atoms with E-state index in [0.717, 1.165) is 25.0 Å². The second-order valence-corrected chi connectivity index (χ2v) is 8.04. The van der Waals surface area contributed by atoms with Gasteiger partial charge in [-0.2, -0.15) is 9.40 Å². The third kappa shape index (κ3) is 3.32. The molecule has 1 aromatic heterocycles. The Hall–Kier alpha value is -0.920. The van der Waals surface area contributed by atoms with Crippen LogP contribution in [0.25, 0.3) is 0 Å². The van der Waals surface area contributed by atoms with E-state index < -0.39 is 16.1 Å². The molecular weight excluding hydrogens is 314 g/mol. The maximum Gasteiger partial charge on any atom is 0.247 e. The Bertz CT molecular complexity index is 639. The van der Waals surface area contributed by atoms with Crippen LogP contribution in [-0.2, 0) is 29.9 Å². The second kappa shape index (κ2) is 7.32. The van der Waals surface area contributed by atoms with Crippen LogP contribution in [0.4, 0.5) is 0 Å². The van der Waals surface area contributed by atoms with Crippen LogP contribution < -0.4 is 0 Å². The third-order valence-electron chi connectivity index (χ3n) is 4.78. The summed E-state index contributed by atoms with van der Waals surface area (Å²) in [4.78, 5) is 0.361. The minimum Gasteiger partial charge on any atom is -0.391 e. The molecule has 2 heterocycles. The molecule has 1 saturated heterocycles. The van der Waals surface area contributed by atoms with Crippen LogP contribution in [0, 0.1) is 0 Å². The third-order valence-corrected chi connectivity index (χ3v) is 6.84. The Morgan fingerprint density at radius 3 is 2.52 bits per heavy atom. The number of hydrogen-bond acceptors (Lipinski definition) is 4. The first kappa shape index (κ1) is 18.4. The number of piperidine rings is 1. The zero-order chi connectivity index (χ0) is 17.2. The Morgan fingerprint density at radius 2 is 1.96 bits per heavy atom. The predicted octanol–water partition coefficient (Wildman–Crippen LogP) is 1.86. The van der Waals surface area contributed by atoms with Crippen molar-refractivity contribution >= 4 is 10.0 Å². The molecule has 23 heavy (non-hydrogen) atoms. The molecule has 6 nitrogen and oxygen atoms in total. The van der Waals surface area contributed by atoms with Crippen molar-refractivity contribution in [3.8, 4) is 0 Å². The van der Waals surface area contributed by atoms with Gasteiger partial charge in [-0.15, -0.1) is 0 Å². The van der Waals surface area contributed by atoms with E-state index in [1.165, 1.54) is 4.31 Å². The standard InChI is InChI=1S/C16H29N3O3S/c1-5-12-16(13(6-2)18(4)17-12)23(21,22)19-11-9-8-10-14(19)15(20)7-3/h14-15,20H,5-11H2,1-4H3. The molecule has 0 saturated carbocycles. The maximum atomic E-state index is 13.4. The summed E-state index contributed by atoms with van der Waals surface area (Å²) in [5.41, 5.74) is 1.37. The van der Waals surface area contributed by atoms with Crippen LogP contribution >= 0.6 is 0 Å². The zero-order valence-electron chi connectivity index (χ0n) is 14.6. The van der Waals surface area contributed by atoms with Gasteiger partial charge in [0.25, 0.3) is 0 Å². The molecule has 132 valence electrons. The highest BCUT2D eigenvalue weighted by Gasteiger charge is 2.39. The fraction of sp³-hybridized carbons (Fsp3) is 0.812. The number of nitrogens with zero attached hydrogens (tertiary/aromatic N) is 3. The monoisotopic (exact) mass is 343 g/mol. The SMILES string of the molecule is CCc1nn(C)c(CC)c1S(=O)(=O)N1CCCCC1C(O)CC. The number of aliphatic hydroxyl groups excluding tert-OH is 1. The first-order chi connectivity index (χ1) is 10.9. The summed E-state index contributed by atoms with van der Waals surface area (Å²) < 4.78 is 29.9. The van der Waals surface area contributed by atoms with E-state index in [0.29, 0.717) is 36.4 Å². The quantitative estimate of drug-likeness (QED) is 0.855. The van der Waals surface area contributed by atoms with Crippen LogP contribution in [0.1, 0.15) is 57.8 Å². The van der Waals surface area contributed by atoms with Gasteiger partial charge in [0.15, 0.2) is 0 Å². The molecule has 0 aromatic carbocycles. The number of sulfonamides is 1. The van der Waals surface area contributed by atoms with Gasteiger partial charge >= 0.3 is 0 Å². The van der Waals surface area contributed by atoms with Crippen molar-refractivity contribution in [2.24, 2.45) is 7.05 Å². The smallest absolute Gasteiger partial charge is 0.247 e. The first-order valence-electron chi connectivity index (χ1n) is 8.63. The zero-order valence-corrected chi connectivity index (χ0v) is 15.4. The van der Waals surface area contributed by atoms with E-state index in [4.69, 9.17) is 0 Å². The van der Waals surface area contributed by atoms with Crippen LogP contribution in [0.3, 0.4) is 0 Å². The van der Waals surface area contributed by atoms with Gasteiger partial charge in [-0.3, -0.25) is 4.68 Å².